The normalized spacial score (nSPS) is 16.7. The highest BCUT2D eigenvalue weighted by atomic mass is 32.2. The molecule has 0 saturated carbocycles. The van der Waals surface area contributed by atoms with Gasteiger partial charge < -0.3 is 15.2 Å². The molecule has 1 atom stereocenters. The van der Waals surface area contributed by atoms with Crippen molar-refractivity contribution in [2.24, 2.45) is 5.73 Å². The molecule has 1 aliphatic heterocycles. The third-order valence-electron chi connectivity index (χ3n) is 5.77. The van der Waals surface area contributed by atoms with E-state index in [0.717, 1.165) is 18.4 Å². The first-order chi connectivity index (χ1) is 16.8. The highest BCUT2D eigenvalue weighted by Crippen LogP contribution is 2.17. The van der Waals surface area contributed by atoms with Crippen molar-refractivity contribution in [3.8, 4) is 0 Å². The molecule has 0 bridgehead atoms. The van der Waals surface area contributed by atoms with Gasteiger partial charge in [-0.3, -0.25) is 10.2 Å². The number of sulfonamides is 1. The molecule has 1 saturated heterocycles. The monoisotopic (exact) mass is 496 g/mol. The first-order valence-electron chi connectivity index (χ1n) is 11.4. The molecule has 0 radical (unpaired) electrons. The summed E-state index contributed by atoms with van der Waals surface area (Å²) < 4.78 is 33.3. The number of hydrogen-bond donors (Lipinski definition) is 3. The van der Waals surface area contributed by atoms with Crippen molar-refractivity contribution < 1.29 is 17.7 Å². The zero-order valence-electron chi connectivity index (χ0n) is 19.2. The summed E-state index contributed by atoms with van der Waals surface area (Å²) in [6, 6.07) is 15.2. The summed E-state index contributed by atoms with van der Waals surface area (Å²) in [7, 11) is -3.69. The second-order valence-electron chi connectivity index (χ2n) is 8.56. The number of nitrogens with one attached hydrogen (secondary N) is 2. The number of nitrogen functional groups attached to an aromatic ring is 1. The maximum Gasteiger partial charge on any atom is 0.246 e. The number of nitrogens with zero attached hydrogens (tertiary/aromatic N) is 3. The summed E-state index contributed by atoms with van der Waals surface area (Å²) in [4.78, 5) is 19.1. The van der Waals surface area contributed by atoms with Gasteiger partial charge in [0, 0.05) is 18.5 Å². The van der Waals surface area contributed by atoms with Crippen LogP contribution in [0.1, 0.15) is 47.7 Å². The van der Waals surface area contributed by atoms with Crippen molar-refractivity contribution >= 4 is 21.8 Å². The van der Waals surface area contributed by atoms with E-state index < -0.39 is 16.1 Å². The predicted molar refractivity (Wildman–Crippen MR) is 130 cm³/mol. The zero-order valence-corrected chi connectivity index (χ0v) is 20.0. The lowest BCUT2D eigenvalue weighted by Crippen LogP contribution is -2.47. The molecular weight excluding hydrogens is 468 g/mol. The fraction of sp³-hybridized carbons (Fsp3) is 0.333. The van der Waals surface area contributed by atoms with Gasteiger partial charge in [-0.15, -0.1) is 0 Å². The van der Waals surface area contributed by atoms with Crippen LogP contribution in [0.4, 0.5) is 0 Å². The van der Waals surface area contributed by atoms with Gasteiger partial charge in [-0.2, -0.15) is 4.98 Å². The summed E-state index contributed by atoms with van der Waals surface area (Å²) in [5.41, 5.74) is 7.71. The minimum Gasteiger partial charge on any atom is -0.384 e. The number of benzene rings is 2. The maximum absolute atomic E-state index is 13.1. The molecule has 184 valence electrons. The molecule has 2 aromatic carbocycles. The minimum atomic E-state index is -3.69. The predicted octanol–water partition coefficient (Wildman–Crippen LogP) is 1.95. The van der Waals surface area contributed by atoms with E-state index >= 15 is 0 Å². The van der Waals surface area contributed by atoms with Crippen LogP contribution >= 0.6 is 0 Å². The van der Waals surface area contributed by atoms with Gasteiger partial charge in [0.25, 0.3) is 0 Å². The maximum atomic E-state index is 13.1. The van der Waals surface area contributed by atoms with Crippen molar-refractivity contribution in [2.45, 2.75) is 44.0 Å². The van der Waals surface area contributed by atoms with Gasteiger partial charge in [0.05, 0.1) is 5.75 Å². The molecule has 4 N–H and O–H groups in total. The topological polar surface area (TPSA) is 155 Å². The second kappa shape index (κ2) is 10.8. The number of rotatable bonds is 9. The lowest BCUT2D eigenvalue weighted by molar-refractivity contribution is -0.133. The number of amidine groups is 1. The van der Waals surface area contributed by atoms with Crippen LogP contribution in [0.5, 0.6) is 0 Å². The Morgan fingerprint density at radius 3 is 2.57 bits per heavy atom. The van der Waals surface area contributed by atoms with Crippen LogP contribution in [-0.4, -0.2) is 47.8 Å². The Kier molecular flexibility index (Phi) is 7.57. The van der Waals surface area contributed by atoms with Gasteiger partial charge >= 0.3 is 0 Å². The van der Waals surface area contributed by atoms with Crippen molar-refractivity contribution in [1.82, 2.24) is 19.8 Å². The third kappa shape index (κ3) is 6.74. The first kappa shape index (κ1) is 24.6. The zero-order chi connectivity index (χ0) is 24.8. The molecule has 11 heteroatoms. The lowest BCUT2D eigenvalue weighted by atomic mass is 10.1. The average molecular weight is 497 g/mol. The van der Waals surface area contributed by atoms with Crippen LogP contribution in [0.2, 0.25) is 0 Å². The number of likely N-dealkylation sites (tertiary alicyclic amines) is 1. The van der Waals surface area contributed by atoms with Gasteiger partial charge in [-0.05, 0) is 30.4 Å². The van der Waals surface area contributed by atoms with Gasteiger partial charge in [-0.25, -0.2) is 13.1 Å². The van der Waals surface area contributed by atoms with Gasteiger partial charge in [0.15, 0.2) is 5.82 Å². The van der Waals surface area contributed by atoms with Crippen molar-refractivity contribution in [2.75, 3.05) is 6.54 Å². The Bertz CT molecular complexity index is 1270. The molecule has 35 heavy (non-hydrogen) atoms. The minimum absolute atomic E-state index is 0.00109. The van der Waals surface area contributed by atoms with Crippen molar-refractivity contribution in [3.63, 3.8) is 0 Å². The molecular formula is C24H28N6O4S. The fourth-order valence-corrected chi connectivity index (χ4v) is 5.36. The molecule has 10 nitrogen and oxygen atoms in total. The molecule has 1 aliphatic rings. The lowest BCUT2D eigenvalue weighted by Gasteiger charge is -2.23. The standard InChI is InChI=1S/C24H28N6O4S/c25-23(26)19-11-9-17(10-12-19)14-21-27-22(34-28-21)15-30-13-5-4-8-20(24(30)31)29-35(32,33)16-18-6-2-1-3-7-18/h1-3,6-7,9-12,20,29H,4-5,8,13-16H2,(H3,25,26)/t20-/m0/s1. The Hall–Kier alpha value is -3.57. The number of carbonyl (C=O) groups excluding carboxylic acids is 1. The van der Waals surface area contributed by atoms with Gasteiger partial charge in [0.1, 0.15) is 18.4 Å². The van der Waals surface area contributed by atoms with Crippen LogP contribution < -0.4 is 10.5 Å². The Morgan fingerprint density at radius 1 is 1.11 bits per heavy atom. The van der Waals surface area contributed by atoms with E-state index in [9.17, 15) is 13.2 Å². The highest BCUT2D eigenvalue weighted by Gasteiger charge is 2.31. The Morgan fingerprint density at radius 2 is 1.86 bits per heavy atom. The van der Waals surface area contributed by atoms with Crippen LogP contribution in [0, 0.1) is 5.41 Å². The second-order valence-corrected chi connectivity index (χ2v) is 10.3. The van der Waals surface area contributed by atoms with E-state index in [4.69, 9.17) is 15.7 Å². The first-order valence-corrected chi connectivity index (χ1v) is 13.0. The Balaban J connectivity index is 1.38. The number of amides is 1. The molecule has 1 amide bonds. The van der Waals surface area contributed by atoms with Crippen LogP contribution in [-0.2, 0) is 33.5 Å². The van der Waals surface area contributed by atoms with E-state index in [2.05, 4.69) is 14.9 Å². The van der Waals surface area contributed by atoms with Gasteiger partial charge in [0.2, 0.25) is 21.8 Å². The summed E-state index contributed by atoms with van der Waals surface area (Å²) in [6.45, 7) is 0.603. The molecule has 1 aromatic heterocycles. The third-order valence-corrected chi connectivity index (χ3v) is 7.12. The quantitative estimate of drug-likeness (QED) is 0.302. The number of aromatic nitrogens is 2. The van der Waals surface area contributed by atoms with E-state index in [1.165, 1.54) is 0 Å². The summed E-state index contributed by atoms with van der Waals surface area (Å²) in [5.74, 6) is 0.289. The fourth-order valence-electron chi connectivity index (χ4n) is 4.00. The molecule has 0 aliphatic carbocycles. The molecule has 2 heterocycles. The van der Waals surface area contributed by atoms with E-state index in [-0.39, 0.29) is 24.0 Å². The van der Waals surface area contributed by atoms with Gasteiger partial charge in [-0.1, -0.05) is 59.8 Å². The SMILES string of the molecule is N=C(N)c1ccc(Cc2noc(CN3CCCC[C@H](NS(=O)(=O)Cc4ccccc4)C3=O)n2)cc1. The summed E-state index contributed by atoms with van der Waals surface area (Å²) >= 11 is 0. The number of nitrogens with two attached hydrogens (primary N) is 1. The van der Waals surface area contributed by atoms with Crippen molar-refractivity contribution in [3.05, 3.63) is 83.0 Å². The molecule has 1 fully saturated rings. The van der Waals surface area contributed by atoms with Crippen molar-refractivity contribution in [1.29, 1.82) is 5.41 Å². The van der Waals surface area contributed by atoms with Crippen LogP contribution in [0.25, 0.3) is 0 Å². The van der Waals surface area contributed by atoms with E-state index in [1.807, 2.05) is 18.2 Å². The summed E-state index contributed by atoms with van der Waals surface area (Å²) in [6.07, 6.45) is 2.35. The van der Waals surface area contributed by atoms with Crippen LogP contribution in [0.3, 0.4) is 0 Å². The molecule has 4 rings (SSSR count). The average Bonchev–Trinajstić information content (AvgIpc) is 3.19. The highest BCUT2D eigenvalue weighted by molar-refractivity contribution is 7.88. The molecule has 3 aromatic rings. The summed E-state index contributed by atoms with van der Waals surface area (Å²) in [5, 5.41) is 11.5. The molecule has 0 unspecified atom stereocenters. The van der Waals surface area contributed by atoms with Crippen LogP contribution in [0.15, 0.2) is 59.1 Å². The number of hydrogen-bond acceptors (Lipinski definition) is 7. The Labute approximate surface area is 204 Å². The largest absolute Gasteiger partial charge is 0.384 e. The number of carbonyl (C=O) groups is 1. The van der Waals surface area contributed by atoms with E-state index in [1.54, 1.807) is 41.3 Å². The van der Waals surface area contributed by atoms with E-state index in [0.29, 0.717) is 42.2 Å². The molecule has 0 spiro atoms. The smallest absolute Gasteiger partial charge is 0.246 e.